The minimum Gasteiger partial charge on any atom is -0.463 e. The zero-order valence-electron chi connectivity index (χ0n) is 25.3. The molecule has 0 fully saturated rings. The van der Waals surface area contributed by atoms with E-state index in [1.165, 1.54) is 23.5 Å². The highest BCUT2D eigenvalue weighted by Gasteiger charge is 2.35. The van der Waals surface area contributed by atoms with E-state index >= 15 is 0 Å². The van der Waals surface area contributed by atoms with Crippen LogP contribution < -0.4 is 14.9 Å². The van der Waals surface area contributed by atoms with Crippen LogP contribution in [0.25, 0.3) is 22.7 Å². The minimum atomic E-state index is -0.743. The quantitative estimate of drug-likeness (QED) is 0.118. The van der Waals surface area contributed by atoms with Gasteiger partial charge in [-0.15, -0.1) is 0 Å². The second kappa shape index (κ2) is 12.5. The molecule has 1 aliphatic heterocycles. The predicted molar refractivity (Wildman–Crippen MR) is 182 cm³/mol. The molecule has 0 bridgehead atoms. The molecule has 1 atom stereocenters. The summed E-state index contributed by atoms with van der Waals surface area (Å²) >= 11 is 1.28. The van der Waals surface area contributed by atoms with E-state index in [1.54, 1.807) is 23.6 Å². The van der Waals surface area contributed by atoms with Crippen LogP contribution in [0.15, 0.2) is 131 Å². The SMILES string of the molecule is CCOC(=O)C1=C(c2ccccc2)N=c2s/c(=C\c3cn(Cc4ccc([N+](=O)[O-])cc4)c4ccccc34)c(=O)n2[C@H]1c1ccccc1. The molecule has 0 radical (unpaired) electrons. The maximum atomic E-state index is 14.3. The van der Waals surface area contributed by atoms with E-state index < -0.39 is 16.9 Å². The Kier molecular flexibility index (Phi) is 7.93. The Morgan fingerprint density at radius 1 is 0.957 bits per heavy atom. The van der Waals surface area contributed by atoms with Crippen molar-refractivity contribution in [3.8, 4) is 0 Å². The molecule has 2 aromatic heterocycles. The molecule has 0 amide bonds. The topological polar surface area (TPSA) is 109 Å². The minimum absolute atomic E-state index is 0.0394. The molecule has 6 aromatic rings. The van der Waals surface area contributed by atoms with E-state index in [-0.39, 0.29) is 17.9 Å². The standard InChI is InChI=1S/C37H28N4O5S/c1-2-46-36(43)32-33(25-11-5-3-6-12-25)38-37-40(34(32)26-13-7-4-8-14-26)35(42)31(47-37)21-27-23-39(30-16-10-9-15-29(27)30)22-24-17-19-28(20-18-24)41(44)45/h3-21,23,34H,2,22H2,1H3/b31-21-/t34-/m0/s1. The molecule has 3 heterocycles. The fraction of sp³-hybridized carbons (Fsp3) is 0.108. The first kappa shape index (κ1) is 29.8. The Labute approximate surface area is 272 Å². The van der Waals surface area contributed by atoms with E-state index in [2.05, 4.69) is 4.57 Å². The van der Waals surface area contributed by atoms with Crippen molar-refractivity contribution < 1.29 is 14.5 Å². The van der Waals surface area contributed by atoms with Gasteiger partial charge in [0.1, 0.15) is 0 Å². The van der Waals surface area contributed by atoms with Gasteiger partial charge >= 0.3 is 5.97 Å². The Hall–Kier alpha value is -5.87. The normalized spacial score (nSPS) is 14.6. The number of carbonyl (C=O) groups excluding carboxylic acids is 1. The smallest absolute Gasteiger partial charge is 0.338 e. The molecular formula is C37H28N4O5S. The zero-order valence-corrected chi connectivity index (χ0v) is 26.1. The van der Waals surface area contributed by atoms with Gasteiger partial charge in [0, 0.05) is 46.9 Å². The Balaban J connectivity index is 1.41. The molecule has 0 saturated carbocycles. The highest BCUT2D eigenvalue weighted by atomic mass is 32.1. The number of para-hydroxylation sites is 1. The molecule has 232 valence electrons. The number of hydrogen-bond donors (Lipinski definition) is 0. The van der Waals surface area contributed by atoms with Crippen molar-refractivity contribution in [1.29, 1.82) is 0 Å². The van der Waals surface area contributed by atoms with Gasteiger partial charge in [-0.25, -0.2) is 9.79 Å². The van der Waals surface area contributed by atoms with Crippen LogP contribution in [0, 0.1) is 10.1 Å². The molecule has 9 nitrogen and oxygen atoms in total. The Bertz CT molecular complexity index is 2360. The fourth-order valence-electron chi connectivity index (χ4n) is 5.97. The number of aromatic nitrogens is 2. The maximum Gasteiger partial charge on any atom is 0.338 e. The Morgan fingerprint density at radius 3 is 2.34 bits per heavy atom. The third-order valence-corrected chi connectivity index (χ3v) is 9.08. The first-order valence-corrected chi connectivity index (χ1v) is 15.9. The average Bonchev–Trinajstić information content (AvgIpc) is 3.60. The van der Waals surface area contributed by atoms with Crippen molar-refractivity contribution in [2.45, 2.75) is 19.5 Å². The molecule has 0 spiro atoms. The fourth-order valence-corrected chi connectivity index (χ4v) is 6.96. The van der Waals surface area contributed by atoms with Crippen LogP contribution in [0.5, 0.6) is 0 Å². The lowest BCUT2D eigenvalue weighted by atomic mass is 9.93. The van der Waals surface area contributed by atoms with Crippen LogP contribution in [0.2, 0.25) is 0 Å². The lowest BCUT2D eigenvalue weighted by molar-refractivity contribution is -0.384. The number of nitro groups is 1. The number of fused-ring (bicyclic) bond motifs is 2. The Morgan fingerprint density at radius 2 is 1.64 bits per heavy atom. The first-order valence-electron chi connectivity index (χ1n) is 15.1. The lowest BCUT2D eigenvalue weighted by Crippen LogP contribution is -2.39. The van der Waals surface area contributed by atoms with Crippen molar-refractivity contribution in [2.75, 3.05) is 6.61 Å². The first-order chi connectivity index (χ1) is 22.9. The van der Waals surface area contributed by atoms with Crippen molar-refractivity contribution in [3.63, 3.8) is 0 Å². The summed E-state index contributed by atoms with van der Waals surface area (Å²) < 4.78 is 9.69. The largest absolute Gasteiger partial charge is 0.463 e. The van der Waals surface area contributed by atoms with E-state index in [9.17, 15) is 19.7 Å². The van der Waals surface area contributed by atoms with Gasteiger partial charge in [0.2, 0.25) is 0 Å². The monoisotopic (exact) mass is 640 g/mol. The molecule has 0 N–H and O–H groups in total. The molecule has 0 aliphatic carbocycles. The summed E-state index contributed by atoms with van der Waals surface area (Å²) in [5.41, 5.74) is 4.80. The number of nitrogens with zero attached hydrogens (tertiary/aromatic N) is 4. The molecule has 4 aromatic carbocycles. The lowest BCUT2D eigenvalue weighted by Gasteiger charge is -2.25. The van der Waals surface area contributed by atoms with Crippen molar-refractivity contribution in [3.05, 3.63) is 173 Å². The summed E-state index contributed by atoms with van der Waals surface area (Å²) in [5, 5.41) is 12.1. The van der Waals surface area contributed by atoms with E-state index in [0.717, 1.165) is 33.2 Å². The maximum absolute atomic E-state index is 14.3. The van der Waals surface area contributed by atoms with Crippen LogP contribution in [-0.2, 0) is 16.1 Å². The van der Waals surface area contributed by atoms with Crippen LogP contribution in [-0.4, -0.2) is 26.6 Å². The summed E-state index contributed by atoms with van der Waals surface area (Å²) in [5.74, 6) is -0.521. The summed E-state index contributed by atoms with van der Waals surface area (Å²) in [6.45, 7) is 2.43. The van der Waals surface area contributed by atoms with Gasteiger partial charge in [-0.2, -0.15) is 0 Å². The molecule has 10 heteroatoms. The highest BCUT2D eigenvalue weighted by Crippen LogP contribution is 2.35. The third kappa shape index (κ3) is 5.59. The number of esters is 1. The molecule has 0 saturated heterocycles. The number of benzene rings is 4. The second-order valence-corrected chi connectivity index (χ2v) is 12.0. The van der Waals surface area contributed by atoms with E-state index in [0.29, 0.717) is 27.1 Å². The van der Waals surface area contributed by atoms with Crippen LogP contribution in [0.1, 0.15) is 35.2 Å². The summed E-state index contributed by atoms with van der Waals surface area (Å²) in [7, 11) is 0. The number of ether oxygens (including phenoxy) is 1. The van der Waals surface area contributed by atoms with Crippen molar-refractivity contribution in [2.24, 2.45) is 4.99 Å². The van der Waals surface area contributed by atoms with Gasteiger partial charge in [-0.1, -0.05) is 102 Å². The second-order valence-electron chi connectivity index (χ2n) is 11.0. The van der Waals surface area contributed by atoms with Gasteiger partial charge in [0.25, 0.3) is 11.2 Å². The summed E-state index contributed by atoms with van der Waals surface area (Å²) in [6.07, 6.45) is 3.86. The number of non-ortho nitro benzene ring substituents is 1. The summed E-state index contributed by atoms with van der Waals surface area (Å²) in [4.78, 5) is 44.1. The highest BCUT2D eigenvalue weighted by molar-refractivity contribution is 7.07. The third-order valence-electron chi connectivity index (χ3n) is 8.10. The van der Waals surface area contributed by atoms with Crippen molar-refractivity contribution in [1.82, 2.24) is 9.13 Å². The molecule has 0 unspecified atom stereocenters. The molecule has 7 rings (SSSR count). The van der Waals surface area contributed by atoms with Gasteiger partial charge in [-0.05, 0) is 30.2 Å². The van der Waals surface area contributed by atoms with Crippen LogP contribution in [0.4, 0.5) is 5.69 Å². The van der Waals surface area contributed by atoms with Crippen LogP contribution >= 0.6 is 11.3 Å². The van der Waals surface area contributed by atoms with Gasteiger partial charge in [0.05, 0.1) is 33.4 Å². The van der Waals surface area contributed by atoms with Gasteiger partial charge in [0.15, 0.2) is 4.80 Å². The van der Waals surface area contributed by atoms with Crippen LogP contribution in [0.3, 0.4) is 0 Å². The van der Waals surface area contributed by atoms with Gasteiger partial charge in [-0.3, -0.25) is 19.5 Å². The zero-order chi connectivity index (χ0) is 32.5. The molecular weight excluding hydrogens is 612 g/mol. The number of thiazole rings is 1. The number of rotatable bonds is 8. The van der Waals surface area contributed by atoms with E-state index in [1.807, 2.05) is 97.2 Å². The van der Waals surface area contributed by atoms with Gasteiger partial charge < -0.3 is 9.30 Å². The molecule has 47 heavy (non-hydrogen) atoms. The number of nitro benzene ring substituents is 1. The number of carbonyl (C=O) groups is 1. The number of hydrogen-bond acceptors (Lipinski definition) is 7. The van der Waals surface area contributed by atoms with Crippen molar-refractivity contribution >= 4 is 45.7 Å². The molecule has 1 aliphatic rings. The van der Waals surface area contributed by atoms with E-state index in [4.69, 9.17) is 9.73 Å². The summed E-state index contributed by atoms with van der Waals surface area (Å²) in [6, 6.07) is 32.6. The predicted octanol–water partition coefficient (Wildman–Crippen LogP) is 5.85. The average molecular weight is 641 g/mol.